The average molecular weight is 189 g/mol. The van der Waals surface area contributed by atoms with Gasteiger partial charge in [-0.15, -0.1) is 0 Å². The summed E-state index contributed by atoms with van der Waals surface area (Å²) in [4.78, 5) is 0. The lowest BCUT2D eigenvalue weighted by molar-refractivity contribution is 0.195. The van der Waals surface area contributed by atoms with E-state index >= 15 is 0 Å². The highest BCUT2D eigenvalue weighted by Crippen LogP contribution is 2.29. The van der Waals surface area contributed by atoms with Crippen molar-refractivity contribution >= 4 is 0 Å². The van der Waals surface area contributed by atoms with Gasteiger partial charge in [0.05, 0.1) is 0 Å². The molecule has 1 fully saturated rings. The highest BCUT2D eigenvalue weighted by Gasteiger charge is 2.32. The summed E-state index contributed by atoms with van der Waals surface area (Å²) >= 11 is 0. The molecule has 0 spiro atoms. The Labute approximate surface area is 86.5 Å². The largest absolute Gasteiger partial charge is 0.316 e. The summed E-state index contributed by atoms with van der Waals surface area (Å²) in [6.45, 7) is 9.15. The zero-order chi connectivity index (χ0) is 10.2. The van der Waals surface area contributed by atoms with Crippen molar-refractivity contribution in [1.82, 2.24) is 5.32 Å². The van der Waals surface area contributed by atoms with Crippen molar-refractivity contribution in [3.05, 3.63) is 34.9 Å². The van der Waals surface area contributed by atoms with Gasteiger partial charge in [0.25, 0.3) is 0 Å². The number of aryl methyl sites for hydroxylation is 2. The first kappa shape index (κ1) is 9.72. The van der Waals surface area contributed by atoms with Crippen molar-refractivity contribution < 1.29 is 0 Å². The SMILES string of the molecule is Cc1cccc(C)c1CC1(C)CNC1. The molecule has 2 rings (SSSR count). The Morgan fingerprint density at radius 2 is 1.79 bits per heavy atom. The standard InChI is InChI=1S/C13H19N/c1-10-5-4-6-11(2)12(10)7-13(3)8-14-9-13/h4-6,14H,7-9H2,1-3H3. The third-order valence-electron chi connectivity index (χ3n) is 3.35. The molecule has 0 radical (unpaired) electrons. The molecule has 0 bridgehead atoms. The number of rotatable bonds is 2. The van der Waals surface area contributed by atoms with Crippen LogP contribution in [0.15, 0.2) is 18.2 Å². The van der Waals surface area contributed by atoms with Crippen molar-refractivity contribution in [2.24, 2.45) is 5.41 Å². The molecule has 0 aromatic heterocycles. The Bertz CT molecular complexity index is 317. The van der Waals surface area contributed by atoms with Gasteiger partial charge in [-0.25, -0.2) is 0 Å². The first-order valence-corrected chi connectivity index (χ1v) is 5.37. The number of hydrogen-bond acceptors (Lipinski definition) is 1. The fourth-order valence-corrected chi connectivity index (χ4v) is 2.23. The molecular formula is C13H19N. The minimum atomic E-state index is 0.497. The van der Waals surface area contributed by atoms with Gasteiger partial charge >= 0.3 is 0 Å². The Morgan fingerprint density at radius 1 is 1.21 bits per heavy atom. The molecule has 0 atom stereocenters. The minimum absolute atomic E-state index is 0.497. The quantitative estimate of drug-likeness (QED) is 0.753. The Morgan fingerprint density at radius 3 is 2.21 bits per heavy atom. The first-order chi connectivity index (χ1) is 6.61. The number of benzene rings is 1. The second kappa shape index (κ2) is 3.39. The molecular weight excluding hydrogens is 170 g/mol. The Kier molecular flexibility index (Phi) is 2.36. The summed E-state index contributed by atoms with van der Waals surface area (Å²) in [5, 5.41) is 3.36. The molecule has 1 saturated heterocycles. The van der Waals surface area contributed by atoms with Gasteiger partial charge in [0.2, 0.25) is 0 Å². The molecule has 14 heavy (non-hydrogen) atoms. The highest BCUT2D eigenvalue weighted by atomic mass is 15.0. The number of hydrogen-bond donors (Lipinski definition) is 1. The van der Waals surface area contributed by atoms with Crippen LogP contribution in [-0.4, -0.2) is 13.1 Å². The molecule has 0 aliphatic carbocycles. The lowest BCUT2D eigenvalue weighted by Gasteiger charge is -2.40. The van der Waals surface area contributed by atoms with E-state index in [-0.39, 0.29) is 0 Å². The van der Waals surface area contributed by atoms with E-state index < -0.39 is 0 Å². The van der Waals surface area contributed by atoms with Gasteiger partial charge in [0.1, 0.15) is 0 Å². The van der Waals surface area contributed by atoms with Crippen molar-refractivity contribution in [3.8, 4) is 0 Å². The Balaban J connectivity index is 2.23. The summed E-state index contributed by atoms with van der Waals surface area (Å²) in [7, 11) is 0. The maximum atomic E-state index is 3.36. The van der Waals surface area contributed by atoms with Crippen LogP contribution in [0, 0.1) is 19.3 Å². The summed E-state index contributed by atoms with van der Waals surface area (Å²) in [5.41, 5.74) is 4.93. The van der Waals surface area contributed by atoms with Crippen LogP contribution < -0.4 is 5.32 Å². The van der Waals surface area contributed by atoms with Crippen LogP contribution in [0.3, 0.4) is 0 Å². The molecule has 1 heteroatoms. The molecule has 1 aliphatic rings. The topological polar surface area (TPSA) is 12.0 Å². The molecule has 1 aliphatic heterocycles. The lowest BCUT2D eigenvalue weighted by atomic mass is 9.76. The van der Waals surface area contributed by atoms with Crippen LogP contribution >= 0.6 is 0 Å². The van der Waals surface area contributed by atoms with Crippen LogP contribution in [0.1, 0.15) is 23.6 Å². The van der Waals surface area contributed by atoms with Crippen LogP contribution in [-0.2, 0) is 6.42 Å². The smallest absolute Gasteiger partial charge is 0.00208 e. The van der Waals surface area contributed by atoms with Gasteiger partial charge in [0.15, 0.2) is 0 Å². The van der Waals surface area contributed by atoms with E-state index in [1.54, 1.807) is 5.56 Å². The van der Waals surface area contributed by atoms with E-state index in [1.807, 2.05) is 0 Å². The zero-order valence-corrected chi connectivity index (χ0v) is 9.35. The highest BCUT2D eigenvalue weighted by molar-refractivity contribution is 5.34. The van der Waals surface area contributed by atoms with Crippen LogP contribution in [0.4, 0.5) is 0 Å². The minimum Gasteiger partial charge on any atom is -0.316 e. The third kappa shape index (κ3) is 1.69. The monoisotopic (exact) mass is 189 g/mol. The van der Waals surface area contributed by atoms with E-state index in [1.165, 1.54) is 30.6 Å². The van der Waals surface area contributed by atoms with Crippen molar-refractivity contribution in [2.75, 3.05) is 13.1 Å². The predicted octanol–water partition coefficient (Wildman–Crippen LogP) is 2.46. The molecule has 0 amide bonds. The molecule has 1 heterocycles. The molecule has 0 saturated carbocycles. The molecule has 76 valence electrons. The van der Waals surface area contributed by atoms with E-state index in [9.17, 15) is 0 Å². The molecule has 1 N–H and O–H groups in total. The van der Waals surface area contributed by atoms with Crippen molar-refractivity contribution in [3.63, 3.8) is 0 Å². The van der Waals surface area contributed by atoms with Gasteiger partial charge in [-0.05, 0) is 42.4 Å². The van der Waals surface area contributed by atoms with E-state index in [0.717, 1.165) is 0 Å². The maximum absolute atomic E-state index is 3.36. The first-order valence-electron chi connectivity index (χ1n) is 5.37. The Hall–Kier alpha value is -0.820. The van der Waals surface area contributed by atoms with Crippen LogP contribution in [0.25, 0.3) is 0 Å². The second-order valence-electron chi connectivity index (χ2n) is 4.96. The second-order valence-corrected chi connectivity index (χ2v) is 4.96. The van der Waals surface area contributed by atoms with E-state index in [0.29, 0.717) is 5.41 Å². The molecule has 1 aromatic rings. The van der Waals surface area contributed by atoms with Crippen molar-refractivity contribution in [1.29, 1.82) is 0 Å². The van der Waals surface area contributed by atoms with E-state index in [4.69, 9.17) is 0 Å². The van der Waals surface area contributed by atoms with Gasteiger partial charge in [-0.2, -0.15) is 0 Å². The molecule has 1 nitrogen and oxygen atoms in total. The normalized spacial score (nSPS) is 19.1. The van der Waals surface area contributed by atoms with Gasteiger partial charge < -0.3 is 5.32 Å². The lowest BCUT2D eigenvalue weighted by Crippen LogP contribution is -2.52. The third-order valence-corrected chi connectivity index (χ3v) is 3.35. The molecule has 1 aromatic carbocycles. The van der Waals surface area contributed by atoms with Crippen molar-refractivity contribution in [2.45, 2.75) is 27.2 Å². The van der Waals surface area contributed by atoms with Crippen LogP contribution in [0.2, 0.25) is 0 Å². The zero-order valence-electron chi connectivity index (χ0n) is 9.35. The molecule has 0 unspecified atom stereocenters. The fraction of sp³-hybridized carbons (Fsp3) is 0.538. The van der Waals surface area contributed by atoms with Gasteiger partial charge in [-0.3, -0.25) is 0 Å². The fourth-order valence-electron chi connectivity index (χ4n) is 2.23. The predicted molar refractivity (Wildman–Crippen MR) is 60.6 cm³/mol. The number of nitrogens with one attached hydrogen (secondary N) is 1. The summed E-state index contributed by atoms with van der Waals surface area (Å²) in [6, 6.07) is 6.59. The van der Waals surface area contributed by atoms with Crippen LogP contribution in [0.5, 0.6) is 0 Å². The van der Waals surface area contributed by atoms with Gasteiger partial charge in [-0.1, -0.05) is 25.1 Å². The average Bonchev–Trinajstić information content (AvgIpc) is 2.09. The summed E-state index contributed by atoms with van der Waals surface area (Å²) in [5.74, 6) is 0. The maximum Gasteiger partial charge on any atom is 0.00208 e. The summed E-state index contributed by atoms with van der Waals surface area (Å²) in [6.07, 6.45) is 1.22. The van der Waals surface area contributed by atoms with Gasteiger partial charge in [0, 0.05) is 13.1 Å². The van der Waals surface area contributed by atoms with E-state index in [2.05, 4.69) is 44.3 Å². The summed E-state index contributed by atoms with van der Waals surface area (Å²) < 4.78 is 0.